The van der Waals surface area contributed by atoms with Crippen molar-refractivity contribution in [2.24, 2.45) is 0 Å². The Hall–Kier alpha value is -2.17. The molecule has 0 bridgehead atoms. The normalized spacial score (nSPS) is 10.7. The number of aromatic nitrogens is 1. The Bertz CT molecular complexity index is 558. The van der Waals surface area contributed by atoms with Crippen LogP contribution in [0.5, 0.6) is 5.75 Å². The minimum Gasteiger partial charge on any atom is -0.497 e. The molecule has 2 rings (SSSR count). The van der Waals surface area contributed by atoms with Gasteiger partial charge in [-0.05, 0) is 29.8 Å². The second-order valence-corrected chi connectivity index (χ2v) is 4.45. The molecule has 0 saturated carbocycles. The van der Waals surface area contributed by atoms with Crippen molar-refractivity contribution in [2.75, 3.05) is 19.1 Å². The first-order chi connectivity index (χ1) is 9.60. The molecule has 0 fully saturated rings. The number of ether oxygens (including phenoxy) is 1. The van der Waals surface area contributed by atoms with Crippen LogP contribution < -0.4 is 9.64 Å². The van der Waals surface area contributed by atoms with E-state index < -0.39 is 6.43 Å². The highest BCUT2D eigenvalue weighted by Gasteiger charge is 2.10. The number of hydrogen-bond acceptors (Lipinski definition) is 3. The number of rotatable bonds is 5. The summed E-state index contributed by atoms with van der Waals surface area (Å²) >= 11 is 0. The molecule has 0 aliphatic carbocycles. The molecule has 0 atom stereocenters. The Morgan fingerprint density at radius 2 is 1.90 bits per heavy atom. The van der Waals surface area contributed by atoms with Crippen molar-refractivity contribution < 1.29 is 13.5 Å². The average Bonchev–Trinajstić information content (AvgIpc) is 2.48. The molecule has 1 heterocycles. The van der Waals surface area contributed by atoms with Gasteiger partial charge in [-0.25, -0.2) is 13.8 Å². The molecule has 0 radical (unpaired) electrons. The summed E-state index contributed by atoms with van der Waals surface area (Å²) in [6.07, 6.45) is -1.08. The highest BCUT2D eigenvalue weighted by Crippen LogP contribution is 2.22. The van der Waals surface area contributed by atoms with Crippen LogP contribution in [0.3, 0.4) is 0 Å². The van der Waals surface area contributed by atoms with Crippen LogP contribution in [0.1, 0.15) is 17.6 Å². The lowest BCUT2D eigenvalue weighted by Gasteiger charge is -2.19. The Kier molecular flexibility index (Phi) is 4.50. The molecule has 5 heteroatoms. The fourth-order valence-corrected chi connectivity index (χ4v) is 1.86. The lowest BCUT2D eigenvalue weighted by atomic mass is 10.2. The van der Waals surface area contributed by atoms with E-state index in [1.807, 2.05) is 36.2 Å². The number of methoxy groups -OCH3 is 1. The summed E-state index contributed by atoms with van der Waals surface area (Å²) in [5.74, 6) is 1.31. The van der Waals surface area contributed by atoms with Gasteiger partial charge in [0.25, 0.3) is 6.43 Å². The van der Waals surface area contributed by atoms with E-state index >= 15 is 0 Å². The SMILES string of the molecule is COc1ccc(CN(C)c2cc(C(F)F)ccn2)cc1. The maximum atomic E-state index is 12.7. The molecular formula is C15H16F2N2O. The van der Waals surface area contributed by atoms with E-state index in [1.165, 1.54) is 18.3 Å². The monoisotopic (exact) mass is 278 g/mol. The predicted molar refractivity (Wildman–Crippen MR) is 74.3 cm³/mol. The number of alkyl halides is 2. The van der Waals surface area contributed by atoms with Gasteiger partial charge in [0, 0.05) is 25.4 Å². The summed E-state index contributed by atoms with van der Waals surface area (Å²) < 4.78 is 30.4. The lowest BCUT2D eigenvalue weighted by molar-refractivity contribution is 0.151. The Labute approximate surface area is 116 Å². The first kappa shape index (κ1) is 14.2. The Balaban J connectivity index is 2.10. The van der Waals surface area contributed by atoms with Crippen molar-refractivity contribution in [2.45, 2.75) is 13.0 Å². The number of nitrogens with zero attached hydrogens (tertiary/aromatic N) is 2. The van der Waals surface area contributed by atoms with E-state index in [4.69, 9.17) is 4.74 Å². The number of anilines is 1. The second-order valence-electron chi connectivity index (χ2n) is 4.45. The van der Waals surface area contributed by atoms with Crippen molar-refractivity contribution in [3.05, 3.63) is 53.7 Å². The van der Waals surface area contributed by atoms with Crippen LogP contribution in [0.15, 0.2) is 42.6 Å². The molecule has 106 valence electrons. The summed E-state index contributed by atoms with van der Waals surface area (Å²) in [5, 5.41) is 0. The predicted octanol–water partition coefficient (Wildman–Crippen LogP) is 3.66. The van der Waals surface area contributed by atoms with Crippen molar-refractivity contribution in [1.29, 1.82) is 0 Å². The molecule has 20 heavy (non-hydrogen) atoms. The number of benzene rings is 1. The van der Waals surface area contributed by atoms with Gasteiger partial charge in [-0.1, -0.05) is 12.1 Å². The van der Waals surface area contributed by atoms with Crippen molar-refractivity contribution >= 4 is 5.82 Å². The quantitative estimate of drug-likeness (QED) is 0.834. The third kappa shape index (κ3) is 3.44. The molecule has 2 aromatic rings. The van der Waals surface area contributed by atoms with Crippen LogP contribution >= 0.6 is 0 Å². The number of pyridine rings is 1. The van der Waals surface area contributed by atoms with Crippen LogP contribution in [0.4, 0.5) is 14.6 Å². The fraction of sp³-hybridized carbons (Fsp3) is 0.267. The molecule has 1 aromatic heterocycles. The molecule has 3 nitrogen and oxygen atoms in total. The highest BCUT2D eigenvalue weighted by atomic mass is 19.3. The highest BCUT2D eigenvalue weighted by molar-refractivity contribution is 5.41. The minimum atomic E-state index is -2.48. The van der Waals surface area contributed by atoms with Gasteiger partial charge in [-0.15, -0.1) is 0 Å². The third-order valence-electron chi connectivity index (χ3n) is 2.99. The van der Waals surface area contributed by atoms with Crippen LogP contribution in [0, 0.1) is 0 Å². The zero-order valence-corrected chi connectivity index (χ0v) is 11.4. The molecule has 0 aliphatic heterocycles. The summed E-state index contributed by atoms with van der Waals surface area (Å²) in [6, 6.07) is 10.3. The molecule has 0 spiro atoms. The Morgan fingerprint density at radius 1 is 1.20 bits per heavy atom. The second kappa shape index (κ2) is 6.32. The van der Waals surface area contributed by atoms with Gasteiger partial charge in [0.1, 0.15) is 11.6 Å². The van der Waals surface area contributed by atoms with E-state index in [2.05, 4.69) is 4.98 Å². The topological polar surface area (TPSA) is 25.4 Å². The van der Waals surface area contributed by atoms with Gasteiger partial charge in [0.15, 0.2) is 0 Å². The molecule has 0 amide bonds. The zero-order chi connectivity index (χ0) is 14.5. The molecule has 0 aliphatic rings. The molecular weight excluding hydrogens is 262 g/mol. The van der Waals surface area contributed by atoms with Crippen LogP contribution in [-0.4, -0.2) is 19.1 Å². The fourth-order valence-electron chi connectivity index (χ4n) is 1.86. The first-order valence-electron chi connectivity index (χ1n) is 6.18. The number of halogens is 2. The van der Waals surface area contributed by atoms with Crippen molar-refractivity contribution in [3.8, 4) is 5.75 Å². The maximum Gasteiger partial charge on any atom is 0.264 e. The summed E-state index contributed by atoms with van der Waals surface area (Å²) in [7, 11) is 3.43. The van der Waals surface area contributed by atoms with Gasteiger partial charge in [0.05, 0.1) is 7.11 Å². The molecule has 0 unspecified atom stereocenters. The Morgan fingerprint density at radius 3 is 2.50 bits per heavy atom. The van der Waals surface area contributed by atoms with Crippen LogP contribution in [0.25, 0.3) is 0 Å². The van der Waals surface area contributed by atoms with E-state index in [1.54, 1.807) is 7.11 Å². The van der Waals surface area contributed by atoms with Crippen molar-refractivity contribution in [1.82, 2.24) is 4.98 Å². The van der Waals surface area contributed by atoms with Gasteiger partial charge in [-0.3, -0.25) is 0 Å². The lowest BCUT2D eigenvalue weighted by Crippen LogP contribution is -2.17. The van der Waals surface area contributed by atoms with Gasteiger partial charge in [-0.2, -0.15) is 0 Å². The minimum absolute atomic E-state index is 0.0171. The van der Waals surface area contributed by atoms with E-state index in [0.717, 1.165) is 11.3 Å². The first-order valence-corrected chi connectivity index (χ1v) is 6.18. The third-order valence-corrected chi connectivity index (χ3v) is 2.99. The standard InChI is InChI=1S/C15H16F2N2O/c1-19(10-11-3-5-13(20-2)6-4-11)14-9-12(15(16)17)7-8-18-14/h3-9,15H,10H2,1-2H3. The largest absolute Gasteiger partial charge is 0.497 e. The zero-order valence-electron chi connectivity index (χ0n) is 11.4. The van der Waals surface area contributed by atoms with Crippen molar-refractivity contribution in [3.63, 3.8) is 0 Å². The molecule has 0 saturated heterocycles. The summed E-state index contributed by atoms with van der Waals surface area (Å²) in [6.45, 7) is 0.587. The van der Waals surface area contributed by atoms with Crippen LogP contribution in [0.2, 0.25) is 0 Å². The van der Waals surface area contributed by atoms with E-state index in [0.29, 0.717) is 12.4 Å². The van der Waals surface area contributed by atoms with Gasteiger partial charge in [0.2, 0.25) is 0 Å². The number of hydrogen-bond donors (Lipinski definition) is 0. The van der Waals surface area contributed by atoms with Gasteiger partial charge >= 0.3 is 0 Å². The molecule has 1 aromatic carbocycles. The van der Waals surface area contributed by atoms with E-state index in [-0.39, 0.29) is 5.56 Å². The average molecular weight is 278 g/mol. The van der Waals surface area contributed by atoms with E-state index in [9.17, 15) is 8.78 Å². The molecule has 0 N–H and O–H groups in total. The summed E-state index contributed by atoms with van der Waals surface area (Å²) in [4.78, 5) is 5.95. The smallest absolute Gasteiger partial charge is 0.264 e. The maximum absolute atomic E-state index is 12.7. The summed E-state index contributed by atoms with van der Waals surface area (Å²) in [5.41, 5.74) is 1.04. The van der Waals surface area contributed by atoms with Gasteiger partial charge < -0.3 is 9.64 Å². The van der Waals surface area contributed by atoms with Crippen LogP contribution in [-0.2, 0) is 6.54 Å².